The number of hydrogen-bond donors (Lipinski definition) is 1. The van der Waals surface area contributed by atoms with Crippen LogP contribution in [0.3, 0.4) is 0 Å². The lowest BCUT2D eigenvalue weighted by atomic mass is 10.1. The van der Waals surface area contributed by atoms with E-state index in [-0.39, 0.29) is 0 Å². The van der Waals surface area contributed by atoms with Crippen molar-refractivity contribution in [1.82, 2.24) is 5.32 Å². The molecular weight excluding hydrogens is 218 g/mol. The van der Waals surface area contributed by atoms with E-state index in [1.54, 1.807) is 0 Å². The molecule has 0 aromatic carbocycles. The predicted octanol–water partition coefficient (Wildman–Crippen LogP) is 1.29. The van der Waals surface area contributed by atoms with Gasteiger partial charge < -0.3 is 19.5 Å². The number of nitrogens with one attached hydrogen (secondary N) is 1. The summed E-state index contributed by atoms with van der Waals surface area (Å²) in [7, 11) is 0. The van der Waals surface area contributed by atoms with Gasteiger partial charge in [0.15, 0.2) is 5.79 Å². The molecule has 4 nitrogen and oxygen atoms in total. The largest absolute Gasteiger partial charge is 0.376 e. The van der Waals surface area contributed by atoms with Gasteiger partial charge in [0, 0.05) is 12.6 Å². The van der Waals surface area contributed by atoms with E-state index >= 15 is 0 Å². The Bertz CT molecular complexity index is 268. The molecule has 1 aliphatic carbocycles. The monoisotopic (exact) mass is 241 g/mol. The van der Waals surface area contributed by atoms with Gasteiger partial charge in [-0.3, -0.25) is 0 Å². The van der Waals surface area contributed by atoms with Gasteiger partial charge in [-0.05, 0) is 39.0 Å². The highest BCUT2D eigenvalue weighted by molar-refractivity contribution is 4.95. The Morgan fingerprint density at radius 2 is 1.76 bits per heavy atom. The normalized spacial score (nSPS) is 38.5. The zero-order chi connectivity index (χ0) is 11.9. The molecule has 0 bridgehead atoms. The van der Waals surface area contributed by atoms with E-state index in [2.05, 4.69) is 5.32 Å². The third-order valence-electron chi connectivity index (χ3n) is 3.94. The van der Waals surface area contributed by atoms with E-state index in [4.69, 9.17) is 14.2 Å². The fourth-order valence-electron chi connectivity index (χ4n) is 2.77. The average Bonchev–Trinajstić information content (AvgIpc) is 3.03. The van der Waals surface area contributed by atoms with Crippen LogP contribution in [0, 0.1) is 5.92 Å². The summed E-state index contributed by atoms with van der Waals surface area (Å²) in [5.41, 5.74) is 0. The predicted molar refractivity (Wildman–Crippen MR) is 63.8 cm³/mol. The molecular formula is C13H23NO3. The second-order valence-electron chi connectivity index (χ2n) is 5.95. The second-order valence-corrected chi connectivity index (χ2v) is 5.95. The fraction of sp³-hybridized carbons (Fsp3) is 1.00. The minimum Gasteiger partial charge on any atom is -0.376 e. The van der Waals surface area contributed by atoms with Crippen LogP contribution in [0.15, 0.2) is 0 Å². The van der Waals surface area contributed by atoms with Crippen molar-refractivity contribution in [2.24, 2.45) is 5.92 Å². The molecule has 2 saturated heterocycles. The van der Waals surface area contributed by atoms with E-state index in [1.165, 1.54) is 12.8 Å². The molecule has 2 aliphatic heterocycles. The van der Waals surface area contributed by atoms with Crippen molar-refractivity contribution in [2.45, 2.75) is 57.1 Å². The molecule has 2 unspecified atom stereocenters. The van der Waals surface area contributed by atoms with Gasteiger partial charge in [-0.1, -0.05) is 0 Å². The molecule has 0 amide bonds. The van der Waals surface area contributed by atoms with Gasteiger partial charge in [0.2, 0.25) is 0 Å². The Balaban J connectivity index is 1.50. The molecule has 0 aromatic rings. The summed E-state index contributed by atoms with van der Waals surface area (Å²) in [4.78, 5) is 0. The van der Waals surface area contributed by atoms with Crippen LogP contribution in [-0.4, -0.2) is 43.8 Å². The molecule has 1 saturated carbocycles. The number of hydrogen-bond acceptors (Lipinski definition) is 4. The van der Waals surface area contributed by atoms with Crippen LogP contribution in [0.25, 0.3) is 0 Å². The SMILES string of the molecule is CC1(C)OCC(NC2CCOC2C2CC2)CO1. The van der Waals surface area contributed by atoms with Gasteiger partial charge in [-0.2, -0.15) is 0 Å². The summed E-state index contributed by atoms with van der Waals surface area (Å²) >= 11 is 0. The van der Waals surface area contributed by atoms with Crippen LogP contribution in [0.1, 0.15) is 33.1 Å². The van der Waals surface area contributed by atoms with Crippen LogP contribution in [0.5, 0.6) is 0 Å². The highest BCUT2D eigenvalue weighted by Crippen LogP contribution is 2.39. The first kappa shape index (κ1) is 11.9. The van der Waals surface area contributed by atoms with Gasteiger partial charge in [-0.25, -0.2) is 0 Å². The first-order valence-corrected chi connectivity index (χ1v) is 6.80. The molecule has 0 radical (unpaired) electrons. The zero-order valence-corrected chi connectivity index (χ0v) is 10.8. The van der Waals surface area contributed by atoms with E-state index in [0.29, 0.717) is 18.2 Å². The van der Waals surface area contributed by atoms with Crippen molar-refractivity contribution >= 4 is 0 Å². The summed E-state index contributed by atoms with van der Waals surface area (Å²) in [5.74, 6) is 0.386. The van der Waals surface area contributed by atoms with Crippen molar-refractivity contribution in [3.63, 3.8) is 0 Å². The summed E-state index contributed by atoms with van der Waals surface area (Å²) in [6, 6.07) is 0.817. The summed E-state index contributed by atoms with van der Waals surface area (Å²) in [6.07, 6.45) is 4.24. The Kier molecular flexibility index (Phi) is 3.15. The molecule has 3 aliphatic rings. The zero-order valence-electron chi connectivity index (χ0n) is 10.8. The van der Waals surface area contributed by atoms with E-state index < -0.39 is 5.79 Å². The van der Waals surface area contributed by atoms with E-state index in [1.807, 2.05) is 13.8 Å². The molecule has 2 atom stereocenters. The first-order valence-electron chi connectivity index (χ1n) is 6.80. The Morgan fingerprint density at radius 1 is 1.06 bits per heavy atom. The second kappa shape index (κ2) is 4.50. The quantitative estimate of drug-likeness (QED) is 0.808. The molecule has 98 valence electrons. The lowest BCUT2D eigenvalue weighted by Gasteiger charge is -2.37. The standard InChI is InChI=1S/C13H23NO3/c1-13(2)16-7-10(8-17-13)14-11-5-6-15-12(11)9-3-4-9/h9-12,14H,3-8H2,1-2H3. The van der Waals surface area contributed by atoms with Crippen molar-refractivity contribution in [1.29, 1.82) is 0 Å². The molecule has 1 N–H and O–H groups in total. The third kappa shape index (κ3) is 2.81. The summed E-state index contributed by atoms with van der Waals surface area (Å²) in [5, 5.41) is 3.65. The topological polar surface area (TPSA) is 39.7 Å². The van der Waals surface area contributed by atoms with Crippen LogP contribution in [0.2, 0.25) is 0 Å². The van der Waals surface area contributed by atoms with Crippen molar-refractivity contribution < 1.29 is 14.2 Å². The smallest absolute Gasteiger partial charge is 0.162 e. The van der Waals surface area contributed by atoms with Crippen LogP contribution < -0.4 is 5.32 Å². The first-order chi connectivity index (χ1) is 8.14. The molecule has 3 rings (SSSR count). The lowest BCUT2D eigenvalue weighted by Crippen LogP contribution is -2.53. The highest BCUT2D eigenvalue weighted by Gasteiger charge is 2.41. The molecule has 0 aromatic heterocycles. The van der Waals surface area contributed by atoms with Gasteiger partial charge in [0.05, 0.1) is 25.4 Å². The average molecular weight is 241 g/mol. The molecule has 2 heterocycles. The number of ether oxygens (including phenoxy) is 3. The van der Waals surface area contributed by atoms with Gasteiger partial charge in [-0.15, -0.1) is 0 Å². The third-order valence-corrected chi connectivity index (χ3v) is 3.94. The summed E-state index contributed by atoms with van der Waals surface area (Å²) < 4.78 is 17.2. The van der Waals surface area contributed by atoms with Crippen molar-refractivity contribution in [3.05, 3.63) is 0 Å². The van der Waals surface area contributed by atoms with E-state index in [0.717, 1.165) is 32.2 Å². The Labute approximate surface area is 103 Å². The van der Waals surface area contributed by atoms with Crippen LogP contribution >= 0.6 is 0 Å². The van der Waals surface area contributed by atoms with Gasteiger partial charge in [0.25, 0.3) is 0 Å². The Morgan fingerprint density at radius 3 is 2.41 bits per heavy atom. The summed E-state index contributed by atoms with van der Waals surface area (Å²) in [6.45, 7) is 6.31. The maximum atomic E-state index is 5.83. The highest BCUT2D eigenvalue weighted by atomic mass is 16.7. The minimum atomic E-state index is -0.416. The molecule has 3 fully saturated rings. The van der Waals surface area contributed by atoms with Gasteiger partial charge >= 0.3 is 0 Å². The number of rotatable bonds is 3. The lowest BCUT2D eigenvalue weighted by molar-refractivity contribution is -0.253. The Hall–Kier alpha value is -0.160. The molecule has 0 spiro atoms. The van der Waals surface area contributed by atoms with Crippen LogP contribution in [0.4, 0.5) is 0 Å². The molecule has 17 heavy (non-hydrogen) atoms. The molecule has 4 heteroatoms. The fourth-order valence-corrected chi connectivity index (χ4v) is 2.77. The van der Waals surface area contributed by atoms with Gasteiger partial charge in [0.1, 0.15) is 0 Å². The minimum absolute atomic E-state index is 0.316. The van der Waals surface area contributed by atoms with Crippen molar-refractivity contribution in [2.75, 3.05) is 19.8 Å². The maximum Gasteiger partial charge on any atom is 0.162 e. The van der Waals surface area contributed by atoms with Crippen molar-refractivity contribution in [3.8, 4) is 0 Å². The van der Waals surface area contributed by atoms with E-state index in [9.17, 15) is 0 Å². The van der Waals surface area contributed by atoms with Crippen LogP contribution in [-0.2, 0) is 14.2 Å². The maximum absolute atomic E-state index is 5.83.